The molecule has 3 nitrogen and oxygen atoms in total. The van der Waals surface area contributed by atoms with Crippen molar-refractivity contribution in [1.29, 1.82) is 0 Å². The molecular formula is C7H15NO2. The van der Waals surface area contributed by atoms with Gasteiger partial charge >= 0.3 is 0 Å². The Morgan fingerprint density at radius 3 is 2.40 bits per heavy atom. The van der Waals surface area contributed by atoms with Crippen LogP contribution in [0.5, 0.6) is 0 Å². The Kier molecular flexibility index (Phi) is 4.89. The molecule has 10 heavy (non-hydrogen) atoms. The van der Waals surface area contributed by atoms with Gasteiger partial charge in [0.25, 0.3) is 0 Å². The highest BCUT2D eigenvalue weighted by Crippen LogP contribution is 2.09. The molecule has 0 aliphatic rings. The number of hydrogen-bond donors (Lipinski definition) is 0. The van der Waals surface area contributed by atoms with Gasteiger partial charge in [-0.25, -0.2) is 0 Å². The summed E-state index contributed by atoms with van der Waals surface area (Å²) in [6.45, 7) is 4.21. The second-order valence-corrected chi connectivity index (χ2v) is 2.58. The van der Waals surface area contributed by atoms with Crippen LogP contribution in [0.25, 0.3) is 0 Å². The summed E-state index contributed by atoms with van der Waals surface area (Å²) in [6.07, 6.45) is 2.96. The highest BCUT2D eigenvalue weighted by molar-refractivity contribution is 4.53. The lowest BCUT2D eigenvalue weighted by atomic mass is 10.0. The lowest BCUT2D eigenvalue weighted by Gasteiger charge is -2.06. The first kappa shape index (κ1) is 9.40. The van der Waals surface area contributed by atoms with Gasteiger partial charge in [0.05, 0.1) is 0 Å². The Labute approximate surface area is 61.6 Å². The highest BCUT2D eigenvalue weighted by Gasteiger charge is 2.10. The monoisotopic (exact) mass is 145 g/mol. The zero-order chi connectivity index (χ0) is 7.98. The molecule has 0 rings (SSSR count). The van der Waals surface area contributed by atoms with Crippen molar-refractivity contribution in [2.75, 3.05) is 6.54 Å². The van der Waals surface area contributed by atoms with Crippen LogP contribution >= 0.6 is 0 Å². The Balaban J connectivity index is 3.49. The third-order valence-corrected chi connectivity index (χ3v) is 1.68. The maximum absolute atomic E-state index is 10.0. The molecule has 3 heteroatoms. The van der Waals surface area contributed by atoms with Crippen LogP contribution in [0, 0.1) is 16.0 Å². The molecule has 0 amide bonds. The van der Waals surface area contributed by atoms with Gasteiger partial charge in [-0.1, -0.05) is 20.3 Å². The van der Waals surface area contributed by atoms with E-state index < -0.39 is 0 Å². The van der Waals surface area contributed by atoms with E-state index in [0.29, 0.717) is 5.92 Å². The molecule has 0 aliphatic heterocycles. The summed E-state index contributed by atoms with van der Waals surface area (Å²) in [6, 6.07) is 0. The van der Waals surface area contributed by atoms with Gasteiger partial charge in [-0.15, -0.1) is 0 Å². The summed E-state index contributed by atoms with van der Waals surface area (Å²) in [5, 5.41) is 10.0. The van der Waals surface area contributed by atoms with Gasteiger partial charge in [0.1, 0.15) is 0 Å². The van der Waals surface area contributed by atoms with Crippen LogP contribution < -0.4 is 0 Å². The summed E-state index contributed by atoms with van der Waals surface area (Å²) in [5.41, 5.74) is 0. The van der Waals surface area contributed by atoms with Gasteiger partial charge in [0.15, 0.2) is 0 Å². The Hall–Kier alpha value is -0.600. The molecule has 0 aromatic rings. The van der Waals surface area contributed by atoms with Crippen molar-refractivity contribution < 1.29 is 4.92 Å². The van der Waals surface area contributed by atoms with E-state index in [4.69, 9.17) is 0 Å². The molecule has 0 N–H and O–H groups in total. The van der Waals surface area contributed by atoms with Crippen molar-refractivity contribution in [3.8, 4) is 0 Å². The standard InChI is InChI=1S/C7H15NO2/c1-3-5-7(4-2)6-8(9)10/h7H,3-6H2,1-2H3. The third kappa shape index (κ3) is 4.30. The van der Waals surface area contributed by atoms with Crippen LogP contribution in [0.4, 0.5) is 0 Å². The number of nitrogens with zero attached hydrogens (tertiary/aromatic N) is 1. The predicted molar refractivity (Wildman–Crippen MR) is 40.6 cm³/mol. The zero-order valence-electron chi connectivity index (χ0n) is 6.67. The van der Waals surface area contributed by atoms with Gasteiger partial charge < -0.3 is 0 Å². The summed E-state index contributed by atoms with van der Waals surface area (Å²) >= 11 is 0. The van der Waals surface area contributed by atoms with E-state index in [-0.39, 0.29) is 11.5 Å². The van der Waals surface area contributed by atoms with Crippen molar-refractivity contribution in [1.82, 2.24) is 0 Å². The van der Waals surface area contributed by atoms with E-state index in [0.717, 1.165) is 19.3 Å². The molecule has 0 aromatic carbocycles. The normalized spacial score (nSPS) is 13.0. The van der Waals surface area contributed by atoms with E-state index in [1.165, 1.54) is 0 Å². The first-order valence-electron chi connectivity index (χ1n) is 3.82. The fraction of sp³-hybridized carbons (Fsp3) is 1.00. The molecule has 60 valence electrons. The van der Waals surface area contributed by atoms with Crippen molar-refractivity contribution in [3.63, 3.8) is 0 Å². The average molecular weight is 145 g/mol. The zero-order valence-corrected chi connectivity index (χ0v) is 6.67. The Bertz CT molecular complexity index is 104. The SMILES string of the molecule is CCCC(CC)C[N+](=O)[O-]. The highest BCUT2D eigenvalue weighted by atomic mass is 16.6. The van der Waals surface area contributed by atoms with Crippen LogP contribution in [0.15, 0.2) is 0 Å². The van der Waals surface area contributed by atoms with E-state index in [2.05, 4.69) is 6.92 Å². The largest absolute Gasteiger partial charge is 0.265 e. The second-order valence-electron chi connectivity index (χ2n) is 2.58. The first-order chi connectivity index (χ1) is 4.70. The van der Waals surface area contributed by atoms with E-state index in [1.54, 1.807) is 0 Å². The third-order valence-electron chi connectivity index (χ3n) is 1.68. The average Bonchev–Trinajstić information content (AvgIpc) is 1.86. The fourth-order valence-electron chi connectivity index (χ4n) is 1.04. The minimum absolute atomic E-state index is 0.143. The topological polar surface area (TPSA) is 43.1 Å². The minimum Gasteiger partial charge on any atom is -0.265 e. The Morgan fingerprint density at radius 2 is 2.10 bits per heavy atom. The van der Waals surface area contributed by atoms with Gasteiger partial charge in [-0.3, -0.25) is 10.1 Å². The molecule has 0 radical (unpaired) electrons. The van der Waals surface area contributed by atoms with Crippen molar-refractivity contribution >= 4 is 0 Å². The van der Waals surface area contributed by atoms with Crippen molar-refractivity contribution in [2.24, 2.45) is 5.92 Å². The lowest BCUT2D eigenvalue weighted by Crippen LogP contribution is -2.12. The quantitative estimate of drug-likeness (QED) is 0.439. The molecule has 1 atom stereocenters. The summed E-state index contributed by atoms with van der Waals surface area (Å²) in [7, 11) is 0. The molecule has 0 saturated carbocycles. The second kappa shape index (κ2) is 5.21. The number of hydrogen-bond acceptors (Lipinski definition) is 2. The fourth-order valence-corrected chi connectivity index (χ4v) is 1.04. The summed E-state index contributed by atoms with van der Waals surface area (Å²) in [5.74, 6) is 0.292. The molecule has 0 heterocycles. The van der Waals surface area contributed by atoms with Crippen LogP contribution in [-0.4, -0.2) is 11.5 Å². The molecule has 0 aromatic heterocycles. The van der Waals surface area contributed by atoms with Crippen LogP contribution in [0.2, 0.25) is 0 Å². The first-order valence-corrected chi connectivity index (χ1v) is 3.82. The molecule has 0 bridgehead atoms. The number of nitro groups is 1. The molecule has 0 aliphatic carbocycles. The number of rotatable bonds is 5. The van der Waals surface area contributed by atoms with Crippen molar-refractivity contribution in [2.45, 2.75) is 33.1 Å². The Morgan fingerprint density at radius 1 is 1.50 bits per heavy atom. The van der Waals surface area contributed by atoms with E-state index >= 15 is 0 Å². The molecule has 0 saturated heterocycles. The molecule has 0 spiro atoms. The van der Waals surface area contributed by atoms with Crippen LogP contribution in [-0.2, 0) is 0 Å². The summed E-state index contributed by atoms with van der Waals surface area (Å²) < 4.78 is 0. The predicted octanol–water partition coefficient (Wildman–Crippen LogP) is 2.09. The van der Waals surface area contributed by atoms with Crippen molar-refractivity contribution in [3.05, 3.63) is 10.1 Å². The summed E-state index contributed by atoms with van der Waals surface area (Å²) in [4.78, 5) is 9.83. The lowest BCUT2D eigenvalue weighted by molar-refractivity contribution is -0.488. The van der Waals surface area contributed by atoms with Gasteiger partial charge in [0, 0.05) is 10.8 Å². The minimum atomic E-state index is -0.218. The van der Waals surface area contributed by atoms with E-state index in [9.17, 15) is 10.1 Å². The molecular weight excluding hydrogens is 130 g/mol. The maximum Gasteiger partial charge on any atom is 0.206 e. The van der Waals surface area contributed by atoms with Gasteiger partial charge in [0.2, 0.25) is 6.54 Å². The van der Waals surface area contributed by atoms with Crippen LogP contribution in [0.1, 0.15) is 33.1 Å². The van der Waals surface area contributed by atoms with Gasteiger partial charge in [-0.2, -0.15) is 0 Å². The van der Waals surface area contributed by atoms with Crippen LogP contribution in [0.3, 0.4) is 0 Å². The van der Waals surface area contributed by atoms with Gasteiger partial charge in [-0.05, 0) is 12.8 Å². The maximum atomic E-state index is 10.0. The smallest absolute Gasteiger partial charge is 0.206 e. The molecule has 1 unspecified atom stereocenters. The van der Waals surface area contributed by atoms with E-state index in [1.807, 2.05) is 6.92 Å². The molecule has 0 fully saturated rings.